The summed E-state index contributed by atoms with van der Waals surface area (Å²) in [6.07, 6.45) is 0.676. The van der Waals surface area contributed by atoms with E-state index < -0.39 is 10.0 Å². The van der Waals surface area contributed by atoms with E-state index in [0.29, 0.717) is 24.5 Å². The summed E-state index contributed by atoms with van der Waals surface area (Å²) in [5.41, 5.74) is 5.74. The lowest BCUT2D eigenvalue weighted by Gasteiger charge is -2.17. The van der Waals surface area contributed by atoms with E-state index in [1.807, 2.05) is 0 Å². The molecular weight excluding hydrogens is 276 g/mol. The van der Waals surface area contributed by atoms with Crippen molar-refractivity contribution in [1.29, 1.82) is 0 Å². The highest BCUT2D eigenvalue weighted by atomic mass is 35.5. The van der Waals surface area contributed by atoms with Gasteiger partial charge in [-0.2, -0.15) is 4.31 Å². The second kappa shape index (κ2) is 5.05. The van der Waals surface area contributed by atoms with Gasteiger partial charge in [0.1, 0.15) is 10.6 Å². The Hall–Kier alpha value is -0.820. The quantitative estimate of drug-likeness (QED) is 0.904. The summed E-state index contributed by atoms with van der Waals surface area (Å²) in [5.74, 6) is 0.253. The first-order valence-electron chi connectivity index (χ1n) is 5.54. The van der Waals surface area contributed by atoms with Crippen molar-refractivity contribution in [2.24, 2.45) is 5.73 Å². The summed E-state index contributed by atoms with van der Waals surface area (Å²) in [6, 6.07) is 4.38. The van der Waals surface area contributed by atoms with Crippen molar-refractivity contribution in [3.63, 3.8) is 0 Å². The van der Waals surface area contributed by atoms with Gasteiger partial charge in [-0.05, 0) is 18.6 Å². The van der Waals surface area contributed by atoms with E-state index in [1.165, 1.54) is 29.6 Å². The van der Waals surface area contributed by atoms with Crippen LogP contribution >= 0.6 is 11.6 Å². The second-order valence-electron chi connectivity index (χ2n) is 4.21. The maximum Gasteiger partial charge on any atom is 0.246 e. The Balaban J connectivity index is 2.41. The maximum absolute atomic E-state index is 12.4. The van der Waals surface area contributed by atoms with E-state index in [4.69, 9.17) is 22.1 Å². The third kappa shape index (κ3) is 2.47. The van der Waals surface area contributed by atoms with Crippen LogP contribution in [0.4, 0.5) is 0 Å². The molecule has 0 unspecified atom stereocenters. The van der Waals surface area contributed by atoms with Crippen LogP contribution in [0.2, 0.25) is 5.02 Å². The van der Waals surface area contributed by atoms with Crippen LogP contribution in [0, 0.1) is 0 Å². The molecule has 0 bridgehead atoms. The minimum absolute atomic E-state index is 0.0990. The molecule has 1 saturated heterocycles. The molecule has 0 amide bonds. The third-order valence-corrected chi connectivity index (χ3v) is 5.07. The highest BCUT2D eigenvalue weighted by Crippen LogP contribution is 2.30. The largest absolute Gasteiger partial charge is 0.495 e. The molecule has 2 rings (SSSR count). The molecule has 1 atom stereocenters. The fourth-order valence-electron chi connectivity index (χ4n) is 1.97. The van der Waals surface area contributed by atoms with Gasteiger partial charge >= 0.3 is 0 Å². The third-order valence-electron chi connectivity index (χ3n) is 2.93. The van der Waals surface area contributed by atoms with Crippen molar-refractivity contribution < 1.29 is 13.2 Å². The highest BCUT2D eigenvalue weighted by molar-refractivity contribution is 7.89. The molecule has 1 fully saturated rings. The molecule has 1 aliphatic rings. The van der Waals surface area contributed by atoms with Crippen molar-refractivity contribution in [2.75, 3.05) is 20.2 Å². The number of nitrogens with zero attached hydrogens (tertiary/aromatic N) is 1. The number of rotatable bonds is 3. The summed E-state index contributed by atoms with van der Waals surface area (Å²) in [5, 5.41) is 0.434. The number of methoxy groups -OCH3 is 1. The van der Waals surface area contributed by atoms with Crippen molar-refractivity contribution in [3.8, 4) is 5.75 Å². The number of benzene rings is 1. The molecule has 18 heavy (non-hydrogen) atoms. The fraction of sp³-hybridized carbons (Fsp3) is 0.455. The molecule has 0 radical (unpaired) electrons. The number of ether oxygens (including phenoxy) is 1. The number of halogens is 1. The van der Waals surface area contributed by atoms with Crippen molar-refractivity contribution >= 4 is 21.6 Å². The highest BCUT2D eigenvalue weighted by Gasteiger charge is 2.32. The van der Waals surface area contributed by atoms with Gasteiger partial charge in [0.25, 0.3) is 0 Å². The second-order valence-corrected chi connectivity index (χ2v) is 6.55. The number of sulfonamides is 1. The minimum atomic E-state index is -3.56. The van der Waals surface area contributed by atoms with Gasteiger partial charge < -0.3 is 10.5 Å². The van der Waals surface area contributed by atoms with Crippen LogP contribution in [0.3, 0.4) is 0 Å². The van der Waals surface area contributed by atoms with E-state index >= 15 is 0 Å². The van der Waals surface area contributed by atoms with Gasteiger partial charge in [0, 0.05) is 30.2 Å². The van der Waals surface area contributed by atoms with Crippen LogP contribution in [0.1, 0.15) is 6.42 Å². The predicted octanol–water partition coefficient (Wildman–Crippen LogP) is 1.07. The zero-order valence-electron chi connectivity index (χ0n) is 9.97. The standard InChI is InChI=1S/C11H15ClN2O3S/c1-17-10-6-8(12)2-3-11(10)18(15,16)14-5-4-9(13)7-14/h2-3,6,9H,4-5,7,13H2,1H3/t9-/m1/s1. The monoisotopic (exact) mass is 290 g/mol. The molecule has 1 aromatic rings. The molecular formula is C11H15ClN2O3S. The number of hydrogen-bond acceptors (Lipinski definition) is 4. The van der Waals surface area contributed by atoms with E-state index in [9.17, 15) is 8.42 Å². The Labute approximate surface area is 112 Å². The summed E-state index contributed by atoms with van der Waals surface area (Å²) >= 11 is 5.82. The van der Waals surface area contributed by atoms with Crippen molar-refractivity contribution in [3.05, 3.63) is 23.2 Å². The Kier molecular flexibility index (Phi) is 3.82. The first-order valence-corrected chi connectivity index (χ1v) is 7.36. The normalized spacial score (nSPS) is 21.2. The van der Waals surface area contributed by atoms with Crippen LogP contribution in [0.25, 0.3) is 0 Å². The first kappa shape index (κ1) is 13.6. The Morgan fingerprint density at radius 1 is 1.50 bits per heavy atom. The molecule has 1 heterocycles. The summed E-state index contributed by atoms with van der Waals surface area (Å²) in [7, 11) is -2.14. The minimum Gasteiger partial charge on any atom is -0.495 e. The average Bonchev–Trinajstić information content (AvgIpc) is 2.76. The summed E-state index contributed by atoms with van der Waals surface area (Å²) in [4.78, 5) is 0.128. The molecule has 0 saturated carbocycles. The summed E-state index contributed by atoms with van der Waals surface area (Å²) < 4.78 is 31.3. The molecule has 1 aliphatic heterocycles. The SMILES string of the molecule is COc1cc(Cl)ccc1S(=O)(=O)N1CC[C@@H](N)C1. The van der Waals surface area contributed by atoms with Gasteiger partial charge in [-0.15, -0.1) is 0 Å². The molecule has 7 heteroatoms. The van der Waals surface area contributed by atoms with Crippen LogP contribution in [-0.2, 0) is 10.0 Å². The zero-order valence-corrected chi connectivity index (χ0v) is 11.5. The van der Waals surface area contributed by atoms with Crippen LogP contribution in [-0.4, -0.2) is 39.0 Å². The lowest BCUT2D eigenvalue weighted by atomic mass is 10.3. The van der Waals surface area contributed by atoms with Crippen molar-refractivity contribution in [2.45, 2.75) is 17.4 Å². The maximum atomic E-state index is 12.4. The molecule has 0 spiro atoms. The first-order chi connectivity index (χ1) is 8.45. The Morgan fingerprint density at radius 2 is 2.22 bits per heavy atom. The molecule has 0 aromatic heterocycles. The Bertz CT molecular complexity index is 547. The molecule has 5 nitrogen and oxygen atoms in total. The molecule has 0 aliphatic carbocycles. The van der Waals surface area contributed by atoms with E-state index in [1.54, 1.807) is 0 Å². The van der Waals surface area contributed by atoms with Crippen LogP contribution < -0.4 is 10.5 Å². The average molecular weight is 291 g/mol. The van der Waals surface area contributed by atoms with E-state index in [2.05, 4.69) is 0 Å². The van der Waals surface area contributed by atoms with Crippen LogP contribution in [0.15, 0.2) is 23.1 Å². The lowest BCUT2D eigenvalue weighted by Crippen LogP contribution is -2.32. The predicted molar refractivity (Wildman–Crippen MR) is 69.4 cm³/mol. The van der Waals surface area contributed by atoms with Gasteiger partial charge in [0.05, 0.1) is 7.11 Å². The van der Waals surface area contributed by atoms with Gasteiger partial charge in [-0.3, -0.25) is 0 Å². The zero-order chi connectivity index (χ0) is 13.3. The van der Waals surface area contributed by atoms with E-state index in [-0.39, 0.29) is 16.7 Å². The Morgan fingerprint density at radius 3 is 2.78 bits per heavy atom. The van der Waals surface area contributed by atoms with Crippen LogP contribution in [0.5, 0.6) is 5.75 Å². The number of hydrogen-bond donors (Lipinski definition) is 1. The van der Waals surface area contributed by atoms with Gasteiger partial charge in [0.2, 0.25) is 10.0 Å². The fourth-order valence-corrected chi connectivity index (χ4v) is 3.78. The smallest absolute Gasteiger partial charge is 0.246 e. The molecule has 100 valence electrons. The lowest BCUT2D eigenvalue weighted by molar-refractivity contribution is 0.398. The van der Waals surface area contributed by atoms with Gasteiger partial charge in [0.15, 0.2) is 0 Å². The molecule has 1 aromatic carbocycles. The van der Waals surface area contributed by atoms with Crippen molar-refractivity contribution in [1.82, 2.24) is 4.31 Å². The topological polar surface area (TPSA) is 72.6 Å². The molecule has 2 N–H and O–H groups in total. The van der Waals surface area contributed by atoms with Gasteiger partial charge in [-0.25, -0.2) is 8.42 Å². The van der Waals surface area contributed by atoms with E-state index in [0.717, 1.165) is 0 Å². The summed E-state index contributed by atoms with van der Waals surface area (Å²) in [6.45, 7) is 0.781. The number of nitrogens with two attached hydrogens (primary N) is 1. The van der Waals surface area contributed by atoms with Gasteiger partial charge in [-0.1, -0.05) is 11.6 Å².